The number of nitrogens with one attached hydrogen (secondary N) is 1. The van der Waals surface area contributed by atoms with E-state index in [2.05, 4.69) is 5.32 Å². The van der Waals surface area contributed by atoms with Crippen molar-refractivity contribution >= 4 is 28.9 Å². The van der Waals surface area contributed by atoms with Crippen LogP contribution in [0.1, 0.15) is 0 Å². The topological polar surface area (TPSA) is 87.8 Å². The first-order chi connectivity index (χ1) is 9.56. The molecule has 0 bridgehead atoms. The zero-order valence-corrected chi connectivity index (χ0v) is 12.2. The van der Waals surface area contributed by atoms with Crippen LogP contribution >= 0.6 is 11.6 Å². The Labute approximate surface area is 123 Å². The van der Waals surface area contributed by atoms with Crippen molar-refractivity contribution in [3.63, 3.8) is 0 Å². The van der Waals surface area contributed by atoms with E-state index in [9.17, 15) is 4.79 Å². The Bertz CT molecular complexity index is 443. The SMILES string of the molecule is COCCN(CCO)CC(=O)Nc1ccc(Cl)c(N)c1. The van der Waals surface area contributed by atoms with E-state index in [1.54, 1.807) is 30.2 Å². The fourth-order valence-corrected chi connectivity index (χ4v) is 1.77. The number of anilines is 2. The molecule has 1 aromatic rings. The number of ether oxygens (including phenoxy) is 1. The highest BCUT2D eigenvalue weighted by atomic mass is 35.5. The van der Waals surface area contributed by atoms with Gasteiger partial charge in [-0.3, -0.25) is 9.69 Å². The van der Waals surface area contributed by atoms with E-state index in [-0.39, 0.29) is 19.1 Å². The van der Waals surface area contributed by atoms with Crippen molar-refractivity contribution in [1.29, 1.82) is 0 Å². The lowest BCUT2D eigenvalue weighted by Gasteiger charge is -2.20. The number of amides is 1. The second-order valence-corrected chi connectivity index (χ2v) is 4.68. The summed E-state index contributed by atoms with van der Waals surface area (Å²) in [6, 6.07) is 4.91. The van der Waals surface area contributed by atoms with Crippen LogP contribution in [0, 0.1) is 0 Å². The molecule has 0 saturated carbocycles. The van der Waals surface area contributed by atoms with E-state index in [0.717, 1.165) is 0 Å². The van der Waals surface area contributed by atoms with Gasteiger partial charge in [-0.15, -0.1) is 0 Å². The highest BCUT2D eigenvalue weighted by Crippen LogP contribution is 2.22. The van der Waals surface area contributed by atoms with Crippen molar-refractivity contribution in [1.82, 2.24) is 4.90 Å². The van der Waals surface area contributed by atoms with Gasteiger partial charge in [-0.1, -0.05) is 11.6 Å². The molecule has 1 aromatic carbocycles. The summed E-state index contributed by atoms with van der Waals surface area (Å²) >= 11 is 5.81. The Kier molecular flexibility index (Phi) is 7.32. The number of carbonyl (C=O) groups excluding carboxylic acids is 1. The zero-order chi connectivity index (χ0) is 15.0. The van der Waals surface area contributed by atoms with Gasteiger partial charge in [0.05, 0.1) is 30.5 Å². The van der Waals surface area contributed by atoms with E-state index in [1.165, 1.54) is 0 Å². The smallest absolute Gasteiger partial charge is 0.238 e. The molecule has 0 unspecified atom stereocenters. The Balaban J connectivity index is 2.53. The van der Waals surface area contributed by atoms with Crippen LogP contribution in [0.25, 0.3) is 0 Å². The van der Waals surface area contributed by atoms with E-state index in [4.69, 9.17) is 27.2 Å². The van der Waals surface area contributed by atoms with Gasteiger partial charge in [0, 0.05) is 25.9 Å². The highest BCUT2D eigenvalue weighted by Gasteiger charge is 2.10. The molecule has 0 radical (unpaired) electrons. The van der Waals surface area contributed by atoms with E-state index in [0.29, 0.717) is 36.1 Å². The Hall–Kier alpha value is -1.34. The molecular weight excluding hydrogens is 282 g/mol. The van der Waals surface area contributed by atoms with Gasteiger partial charge in [-0.25, -0.2) is 0 Å². The normalized spacial score (nSPS) is 10.8. The van der Waals surface area contributed by atoms with Gasteiger partial charge in [0.2, 0.25) is 5.91 Å². The lowest BCUT2D eigenvalue weighted by molar-refractivity contribution is -0.117. The summed E-state index contributed by atoms with van der Waals surface area (Å²) in [7, 11) is 1.59. The lowest BCUT2D eigenvalue weighted by Crippen LogP contribution is -2.37. The van der Waals surface area contributed by atoms with Crippen LogP contribution in [0.5, 0.6) is 0 Å². The fourth-order valence-electron chi connectivity index (χ4n) is 1.66. The molecule has 20 heavy (non-hydrogen) atoms. The number of benzene rings is 1. The zero-order valence-electron chi connectivity index (χ0n) is 11.4. The summed E-state index contributed by atoms with van der Waals surface area (Å²) in [6.07, 6.45) is 0. The average molecular weight is 302 g/mol. The molecule has 0 fully saturated rings. The number of rotatable bonds is 8. The standard InChI is InChI=1S/C13H20ClN3O3/c1-20-7-5-17(4-6-18)9-13(19)16-10-2-3-11(14)12(15)8-10/h2-3,8,18H,4-7,9,15H2,1H3,(H,16,19). The molecule has 7 heteroatoms. The van der Waals surface area contributed by atoms with Crippen LogP contribution in [-0.2, 0) is 9.53 Å². The molecular formula is C13H20ClN3O3. The summed E-state index contributed by atoms with van der Waals surface area (Å²) in [5.41, 5.74) is 6.67. The first-order valence-electron chi connectivity index (χ1n) is 6.24. The van der Waals surface area contributed by atoms with Gasteiger partial charge < -0.3 is 20.9 Å². The van der Waals surface area contributed by atoms with E-state index < -0.39 is 0 Å². The monoisotopic (exact) mass is 301 g/mol. The fraction of sp³-hybridized carbons (Fsp3) is 0.462. The minimum Gasteiger partial charge on any atom is -0.397 e. The minimum atomic E-state index is -0.184. The third-order valence-electron chi connectivity index (χ3n) is 2.67. The molecule has 0 aromatic heterocycles. The van der Waals surface area contributed by atoms with E-state index in [1.807, 2.05) is 0 Å². The number of hydrogen-bond donors (Lipinski definition) is 3. The number of aliphatic hydroxyl groups excluding tert-OH is 1. The summed E-state index contributed by atoms with van der Waals surface area (Å²) in [5, 5.41) is 12.1. The van der Waals surface area contributed by atoms with Crippen LogP contribution in [0.4, 0.5) is 11.4 Å². The largest absolute Gasteiger partial charge is 0.397 e. The first-order valence-corrected chi connectivity index (χ1v) is 6.61. The molecule has 6 nitrogen and oxygen atoms in total. The summed E-state index contributed by atoms with van der Waals surface area (Å²) in [6.45, 7) is 1.66. The third kappa shape index (κ3) is 5.75. The van der Waals surface area contributed by atoms with Crippen molar-refractivity contribution in [2.24, 2.45) is 0 Å². The summed E-state index contributed by atoms with van der Waals surface area (Å²) < 4.78 is 4.96. The molecule has 112 valence electrons. The number of nitrogens with two attached hydrogens (primary N) is 1. The van der Waals surface area contributed by atoms with E-state index >= 15 is 0 Å². The molecule has 0 saturated heterocycles. The molecule has 4 N–H and O–H groups in total. The van der Waals surface area contributed by atoms with Crippen LogP contribution in [0.2, 0.25) is 5.02 Å². The number of aliphatic hydroxyl groups is 1. The van der Waals surface area contributed by atoms with Crippen molar-refractivity contribution < 1.29 is 14.6 Å². The van der Waals surface area contributed by atoms with Crippen LogP contribution < -0.4 is 11.1 Å². The predicted octanol–water partition coefficient (Wildman–Crippen LogP) is 0.801. The predicted molar refractivity (Wildman–Crippen MR) is 79.9 cm³/mol. The number of hydrogen-bond acceptors (Lipinski definition) is 5. The van der Waals surface area contributed by atoms with Crippen molar-refractivity contribution in [2.75, 3.05) is 51.0 Å². The van der Waals surface area contributed by atoms with Crippen molar-refractivity contribution in [3.8, 4) is 0 Å². The molecule has 0 aliphatic heterocycles. The second-order valence-electron chi connectivity index (χ2n) is 4.28. The minimum absolute atomic E-state index is 0.00904. The van der Waals surface area contributed by atoms with Crippen molar-refractivity contribution in [2.45, 2.75) is 0 Å². The van der Waals surface area contributed by atoms with Gasteiger partial charge in [-0.05, 0) is 18.2 Å². The van der Waals surface area contributed by atoms with Crippen LogP contribution in [0.15, 0.2) is 18.2 Å². The van der Waals surface area contributed by atoms with Gasteiger partial charge in [0.1, 0.15) is 0 Å². The quantitative estimate of drug-likeness (QED) is 0.618. The molecule has 1 rings (SSSR count). The molecule has 0 aliphatic carbocycles. The highest BCUT2D eigenvalue weighted by molar-refractivity contribution is 6.33. The molecule has 0 aliphatic rings. The number of halogens is 1. The maximum atomic E-state index is 11.9. The molecule has 0 spiro atoms. The number of nitrogen functional groups attached to an aromatic ring is 1. The maximum absolute atomic E-state index is 11.9. The lowest BCUT2D eigenvalue weighted by atomic mass is 10.3. The Morgan fingerprint density at radius 2 is 2.25 bits per heavy atom. The molecule has 0 heterocycles. The van der Waals surface area contributed by atoms with Gasteiger partial charge in [0.15, 0.2) is 0 Å². The molecule has 0 atom stereocenters. The number of nitrogens with zero attached hydrogens (tertiary/aromatic N) is 1. The molecule has 1 amide bonds. The third-order valence-corrected chi connectivity index (χ3v) is 3.02. The van der Waals surface area contributed by atoms with Gasteiger partial charge >= 0.3 is 0 Å². The Morgan fingerprint density at radius 1 is 1.50 bits per heavy atom. The summed E-state index contributed by atoms with van der Waals surface area (Å²) in [4.78, 5) is 13.7. The van der Waals surface area contributed by atoms with Crippen molar-refractivity contribution in [3.05, 3.63) is 23.2 Å². The van der Waals surface area contributed by atoms with Crippen LogP contribution in [-0.4, -0.2) is 55.9 Å². The number of carbonyl (C=O) groups is 1. The maximum Gasteiger partial charge on any atom is 0.238 e. The van der Waals surface area contributed by atoms with Gasteiger partial charge in [-0.2, -0.15) is 0 Å². The van der Waals surface area contributed by atoms with Gasteiger partial charge in [0.25, 0.3) is 0 Å². The average Bonchev–Trinajstić information content (AvgIpc) is 2.40. The first kappa shape index (κ1) is 16.7. The number of methoxy groups -OCH3 is 1. The summed E-state index contributed by atoms with van der Waals surface area (Å²) in [5.74, 6) is -0.184. The second kappa shape index (κ2) is 8.76. The Morgan fingerprint density at radius 3 is 2.85 bits per heavy atom. The van der Waals surface area contributed by atoms with Crippen LogP contribution in [0.3, 0.4) is 0 Å².